The van der Waals surface area contributed by atoms with E-state index in [0.29, 0.717) is 56.4 Å². The molecule has 0 fully saturated rings. The van der Waals surface area contributed by atoms with Gasteiger partial charge in [0.2, 0.25) is 0 Å². The van der Waals surface area contributed by atoms with E-state index in [1.165, 1.54) is 0 Å². The molecule has 12 rings (SSSR count). The van der Waals surface area contributed by atoms with Crippen LogP contribution in [0, 0.1) is 26.3 Å². The van der Waals surface area contributed by atoms with Crippen LogP contribution >= 0.6 is 0 Å². The molecule has 77 heavy (non-hydrogen) atoms. The number of benzene rings is 10. The molecule has 0 aliphatic carbocycles. The largest absolute Gasteiger partial charge is 0.310 e. The van der Waals surface area contributed by atoms with Crippen molar-refractivity contribution in [1.82, 2.24) is 14.5 Å². The van der Waals surface area contributed by atoms with Crippen molar-refractivity contribution in [2.24, 2.45) is 0 Å². The molecule has 0 radical (unpaired) electrons. The highest BCUT2D eigenvalue weighted by atomic mass is 15.1. The van der Waals surface area contributed by atoms with Crippen LogP contribution in [0.15, 0.2) is 249 Å². The summed E-state index contributed by atoms with van der Waals surface area (Å²) in [7, 11) is 0. The van der Waals surface area contributed by atoms with E-state index in [1.807, 2.05) is 54.6 Å². The fraction of sp³-hybridized carbons (Fsp3) is 0. The second kappa shape index (κ2) is 20.3. The molecule has 12 aromatic rings. The number of anilines is 6. The molecule has 358 valence electrons. The Hall–Kier alpha value is -11.4. The highest BCUT2D eigenvalue weighted by molar-refractivity contribution is 6.12. The number of para-hydroxylation sites is 6. The van der Waals surface area contributed by atoms with Gasteiger partial charge in [0.1, 0.15) is 5.82 Å². The van der Waals surface area contributed by atoms with Crippen LogP contribution in [0.4, 0.5) is 56.9 Å². The van der Waals surface area contributed by atoms with Crippen molar-refractivity contribution in [3.05, 3.63) is 294 Å². The van der Waals surface area contributed by atoms with Crippen molar-refractivity contribution in [2.75, 3.05) is 9.80 Å². The van der Waals surface area contributed by atoms with Gasteiger partial charge in [-0.2, -0.15) is 0 Å². The lowest BCUT2D eigenvalue weighted by atomic mass is 9.97. The van der Waals surface area contributed by atoms with Gasteiger partial charge in [-0.3, -0.25) is 0 Å². The van der Waals surface area contributed by atoms with Crippen LogP contribution in [0.5, 0.6) is 0 Å². The number of rotatable bonds is 11. The van der Waals surface area contributed by atoms with Crippen molar-refractivity contribution >= 4 is 78.7 Å². The van der Waals surface area contributed by atoms with Crippen molar-refractivity contribution in [3.63, 3.8) is 0 Å². The van der Waals surface area contributed by atoms with Crippen LogP contribution in [-0.2, 0) is 0 Å². The first-order chi connectivity index (χ1) is 38.0. The molecule has 10 aromatic carbocycles. The second-order valence-electron chi connectivity index (χ2n) is 18.1. The first-order valence-electron chi connectivity index (χ1n) is 24.8. The zero-order valence-corrected chi connectivity index (χ0v) is 41.2. The van der Waals surface area contributed by atoms with Gasteiger partial charge in [0.05, 0.1) is 48.7 Å². The Labute approximate surface area is 446 Å². The van der Waals surface area contributed by atoms with E-state index in [0.717, 1.165) is 61.6 Å². The third-order valence-electron chi connectivity index (χ3n) is 13.6. The first-order valence-corrected chi connectivity index (χ1v) is 24.8. The third-order valence-corrected chi connectivity index (χ3v) is 13.6. The van der Waals surface area contributed by atoms with Crippen molar-refractivity contribution in [2.45, 2.75) is 0 Å². The predicted molar refractivity (Wildman–Crippen MR) is 313 cm³/mol. The molecular weight excluding hydrogens is 943 g/mol. The maximum atomic E-state index is 8.49. The number of hydrogen-bond acceptors (Lipinski definition) is 4. The zero-order chi connectivity index (χ0) is 52.2. The van der Waals surface area contributed by atoms with Gasteiger partial charge in [0, 0.05) is 61.7 Å². The SMILES string of the molecule is [C-]#[N+]c1ccccc1-c1cc(-c2cc([N+]#[C-])c(-c3ccc(-n4c5ccc(N(c6ccccc6)c6ccccc6)cc5c5cc(N(c6ccccc6)c6ccccc6)ccc54)cc3)c([N+]#[C-])c2)nc(-c2ccccc2[N+]#[C-])n1. The molecule has 0 spiro atoms. The summed E-state index contributed by atoms with van der Waals surface area (Å²) >= 11 is 0. The van der Waals surface area contributed by atoms with E-state index in [2.05, 4.69) is 179 Å². The molecule has 0 aliphatic heterocycles. The van der Waals surface area contributed by atoms with Crippen LogP contribution in [0.2, 0.25) is 0 Å². The quantitative estimate of drug-likeness (QED) is 0.121. The number of aromatic nitrogens is 3. The molecule has 9 nitrogen and oxygen atoms in total. The summed E-state index contributed by atoms with van der Waals surface area (Å²) in [4.78, 5) is 29.9. The second-order valence-corrected chi connectivity index (χ2v) is 18.1. The van der Waals surface area contributed by atoms with E-state index < -0.39 is 0 Å². The van der Waals surface area contributed by atoms with Crippen molar-refractivity contribution in [1.29, 1.82) is 0 Å². The smallest absolute Gasteiger partial charge is 0.198 e. The lowest BCUT2D eigenvalue weighted by Gasteiger charge is -2.26. The highest BCUT2D eigenvalue weighted by Gasteiger charge is 2.22. The normalized spacial score (nSPS) is 10.8. The summed E-state index contributed by atoms with van der Waals surface area (Å²) in [6.45, 7) is 32.7. The minimum atomic E-state index is 0.283. The van der Waals surface area contributed by atoms with E-state index in [-0.39, 0.29) is 11.4 Å². The maximum Gasteiger partial charge on any atom is 0.198 e. The Morgan fingerprint density at radius 2 is 0.727 bits per heavy atom. The summed E-state index contributed by atoms with van der Waals surface area (Å²) in [6, 6.07) is 82.7. The molecule has 9 heteroatoms. The number of nitrogens with zero attached hydrogens (tertiary/aromatic N) is 9. The van der Waals surface area contributed by atoms with Gasteiger partial charge < -0.3 is 14.4 Å². The van der Waals surface area contributed by atoms with Gasteiger partial charge in [-0.1, -0.05) is 133 Å². The number of hydrogen-bond donors (Lipinski definition) is 0. The van der Waals surface area contributed by atoms with Crippen LogP contribution in [0.3, 0.4) is 0 Å². The molecular formula is C68H41N9. The Bertz CT molecular complexity index is 4040. The summed E-state index contributed by atoms with van der Waals surface area (Å²) in [5, 5.41) is 2.13. The van der Waals surface area contributed by atoms with Gasteiger partial charge in [-0.05, 0) is 132 Å². The minimum absolute atomic E-state index is 0.283. The predicted octanol–water partition coefficient (Wildman–Crippen LogP) is 19.4. The van der Waals surface area contributed by atoms with Gasteiger partial charge in [-0.25, -0.2) is 29.3 Å². The van der Waals surface area contributed by atoms with E-state index in [4.69, 9.17) is 36.3 Å². The third kappa shape index (κ3) is 8.71. The van der Waals surface area contributed by atoms with Crippen LogP contribution in [0.1, 0.15) is 0 Å². The Kier molecular flexibility index (Phi) is 12.3. The van der Waals surface area contributed by atoms with Gasteiger partial charge in [0.25, 0.3) is 0 Å². The lowest BCUT2D eigenvalue weighted by Crippen LogP contribution is -2.09. The molecule has 0 atom stereocenters. The average molecular weight is 984 g/mol. The Morgan fingerprint density at radius 1 is 0.325 bits per heavy atom. The Morgan fingerprint density at radius 3 is 1.18 bits per heavy atom. The fourth-order valence-corrected chi connectivity index (χ4v) is 10.2. The standard InChI is InChI=1S/C68H41N9/c1-69-59-31-19-17-29-55(59)62-45-61(73-68(74-62)56-30-18-20-32-60(56)70-2)47-41-63(71-3)67(64(42-47)72-4)46-33-35-52(36-34-46)77-65-39-37-53(75(48-21-9-5-10-22-48)49-23-11-6-12-24-49)43-57(65)58-44-54(38-40-66(58)77)76(50-25-13-7-14-26-50)51-27-15-8-16-28-51/h5-45H. The monoisotopic (exact) mass is 983 g/mol. The summed E-state index contributed by atoms with van der Waals surface area (Å²) in [5.41, 5.74) is 14.3. The topological polar surface area (TPSA) is 54.6 Å². The number of fused-ring (bicyclic) bond motifs is 3. The lowest BCUT2D eigenvalue weighted by molar-refractivity contribution is 1.18. The Balaban J connectivity index is 1.00. The molecule has 0 saturated heterocycles. The van der Waals surface area contributed by atoms with Crippen LogP contribution in [0.25, 0.3) is 91.9 Å². The summed E-state index contributed by atoms with van der Waals surface area (Å²) < 4.78 is 2.28. The molecule has 0 aliphatic rings. The van der Waals surface area contributed by atoms with Gasteiger partial charge in [0.15, 0.2) is 22.7 Å². The zero-order valence-electron chi connectivity index (χ0n) is 41.2. The molecule has 2 heterocycles. The summed E-state index contributed by atoms with van der Waals surface area (Å²) in [6.07, 6.45) is 0. The van der Waals surface area contributed by atoms with Gasteiger partial charge in [-0.15, -0.1) is 0 Å². The van der Waals surface area contributed by atoms with Crippen LogP contribution in [-0.4, -0.2) is 14.5 Å². The highest BCUT2D eigenvalue weighted by Crippen LogP contribution is 2.46. The molecule has 0 saturated carbocycles. The average Bonchev–Trinajstić information content (AvgIpc) is 3.90. The fourth-order valence-electron chi connectivity index (χ4n) is 10.2. The molecule has 0 bridgehead atoms. The molecule has 0 N–H and O–H groups in total. The van der Waals surface area contributed by atoms with Crippen molar-refractivity contribution in [3.8, 4) is 50.7 Å². The summed E-state index contributed by atoms with van der Waals surface area (Å²) in [5.74, 6) is 0.296. The van der Waals surface area contributed by atoms with Gasteiger partial charge >= 0.3 is 0 Å². The van der Waals surface area contributed by atoms with E-state index >= 15 is 0 Å². The molecule has 0 amide bonds. The molecule has 0 unspecified atom stereocenters. The minimum Gasteiger partial charge on any atom is -0.310 e. The van der Waals surface area contributed by atoms with Crippen molar-refractivity contribution < 1.29 is 0 Å². The maximum absolute atomic E-state index is 8.49. The van der Waals surface area contributed by atoms with E-state index in [9.17, 15) is 0 Å². The molecule has 2 aromatic heterocycles. The first kappa shape index (κ1) is 46.7. The van der Waals surface area contributed by atoms with Crippen LogP contribution < -0.4 is 9.80 Å². The van der Waals surface area contributed by atoms with E-state index in [1.54, 1.807) is 48.5 Å².